The first-order valence-corrected chi connectivity index (χ1v) is 2.32. The predicted octanol–water partition coefficient (Wildman–Crippen LogP) is -0.0663. The highest BCUT2D eigenvalue weighted by Gasteiger charge is 2.17. The molecule has 2 heteroatoms. The maximum Gasteiger partial charge on any atom is 0.0991 e. The largest absolute Gasteiger partial charge is 0.392 e. The molecule has 0 bridgehead atoms. The molecule has 1 heterocycles. The van der Waals surface area contributed by atoms with Gasteiger partial charge in [-0.3, -0.25) is 0 Å². The van der Waals surface area contributed by atoms with Crippen LogP contribution in [0.3, 0.4) is 0 Å². The fraction of sp³-hybridized carbons (Fsp3) is 0.600. The molecule has 1 N–H and O–H groups in total. The summed E-state index contributed by atoms with van der Waals surface area (Å²) in [5, 5.41) is 8.20. The summed E-state index contributed by atoms with van der Waals surface area (Å²) < 4.78 is 4.81. The Balaban J connectivity index is 2.05. The number of aliphatic hydroxyl groups excluding tert-OH is 1. The SMILES string of the molecule is OCC=C[C@H]1CO1. The predicted molar refractivity (Wildman–Crippen MR) is 26.0 cm³/mol. The minimum absolute atomic E-state index is 0.125. The fourth-order valence-electron chi connectivity index (χ4n) is 0.379. The molecule has 0 unspecified atom stereocenters. The van der Waals surface area contributed by atoms with Gasteiger partial charge in [0.2, 0.25) is 0 Å². The third-order valence-electron chi connectivity index (χ3n) is 0.815. The van der Waals surface area contributed by atoms with Crippen molar-refractivity contribution in [2.75, 3.05) is 13.2 Å². The average molecular weight is 100 g/mol. The zero-order chi connectivity index (χ0) is 5.11. The molecule has 1 rings (SSSR count). The van der Waals surface area contributed by atoms with E-state index in [0.29, 0.717) is 6.10 Å². The highest BCUT2D eigenvalue weighted by atomic mass is 16.6. The van der Waals surface area contributed by atoms with Crippen LogP contribution in [-0.4, -0.2) is 24.4 Å². The first-order valence-electron chi connectivity index (χ1n) is 2.32. The quantitative estimate of drug-likeness (QED) is 0.389. The van der Waals surface area contributed by atoms with Crippen LogP contribution in [0.4, 0.5) is 0 Å². The molecule has 40 valence electrons. The molecule has 0 spiro atoms. The van der Waals surface area contributed by atoms with Gasteiger partial charge in [0, 0.05) is 0 Å². The van der Waals surface area contributed by atoms with Crippen molar-refractivity contribution in [1.82, 2.24) is 0 Å². The Hall–Kier alpha value is -0.340. The zero-order valence-electron chi connectivity index (χ0n) is 4.00. The third kappa shape index (κ3) is 1.71. The Bertz CT molecular complexity index is 74.1. The fourth-order valence-corrected chi connectivity index (χ4v) is 0.379. The van der Waals surface area contributed by atoms with Gasteiger partial charge in [0.25, 0.3) is 0 Å². The number of epoxide rings is 1. The Morgan fingerprint density at radius 1 is 1.86 bits per heavy atom. The summed E-state index contributed by atoms with van der Waals surface area (Å²) in [6.07, 6.45) is 3.87. The summed E-state index contributed by atoms with van der Waals surface area (Å²) in [4.78, 5) is 0. The van der Waals surface area contributed by atoms with E-state index in [9.17, 15) is 0 Å². The van der Waals surface area contributed by atoms with Gasteiger partial charge in [-0.2, -0.15) is 0 Å². The van der Waals surface area contributed by atoms with Gasteiger partial charge in [0.05, 0.1) is 19.3 Å². The number of hydrogen-bond acceptors (Lipinski definition) is 2. The highest BCUT2D eigenvalue weighted by molar-refractivity contribution is 4.95. The molecule has 1 fully saturated rings. The number of hydrogen-bond donors (Lipinski definition) is 1. The highest BCUT2D eigenvalue weighted by Crippen LogP contribution is 2.08. The maximum atomic E-state index is 8.20. The van der Waals surface area contributed by atoms with Crippen molar-refractivity contribution >= 4 is 0 Å². The van der Waals surface area contributed by atoms with Crippen LogP contribution in [0.25, 0.3) is 0 Å². The summed E-state index contributed by atoms with van der Waals surface area (Å²) in [5.41, 5.74) is 0. The molecule has 7 heavy (non-hydrogen) atoms. The van der Waals surface area contributed by atoms with Crippen LogP contribution in [0.5, 0.6) is 0 Å². The zero-order valence-corrected chi connectivity index (χ0v) is 4.00. The summed E-state index contributed by atoms with van der Waals surface area (Å²) in [7, 11) is 0. The molecule has 0 aromatic carbocycles. The van der Waals surface area contributed by atoms with Crippen molar-refractivity contribution in [2.24, 2.45) is 0 Å². The van der Waals surface area contributed by atoms with Crippen molar-refractivity contribution in [3.8, 4) is 0 Å². The lowest BCUT2D eigenvalue weighted by Gasteiger charge is -1.73. The van der Waals surface area contributed by atoms with Crippen molar-refractivity contribution in [3.05, 3.63) is 12.2 Å². The molecule has 1 aliphatic rings. The molecule has 1 saturated heterocycles. The van der Waals surface area contributed by atoms with Crippen molar-refractivity contribution in [2.45, 2.75) is 6.10 Å². The van der Waals surface area contributed by atoms with Gasteiger partial charge in [0.15, 0.2) is 0 Å². The topological polar surface area (TPSA) is 32.8 Å². The summed E-state index contributed by atoms with van der Waals surface area (Å²) in [5.74, 6) is 0. The standard InChI is InChI=1S/C5H8O2/c6-3-1-2-5-4-7-5/h1-2,5-6H,3-4H2/t5-/m0/s1. The van der Waals surface area contributed by atoms with Crippen molar-refractivity contribution in [3.63, 3.8) is 0 Å². The van der Waals surface area contributed by atoms with Crippen LogP contribution in [0.2, 0.25) is 0 Å². The number of ether oxygens (including phenoxy) is 1. The smallest absolute Gasteiger partial charge is 0.0991 e. The molecule has 0 aromatic rings. The van der Waals surface area contributed by atoms with Crippen LogP contribution in [0, 0.1) is 0 Å². The van der Waals surface area contributed by atoms with E-state index in [-0.39, 0.29) is 6.61 Å². The lowest BCUT2D eigenvalue weighted by molar-refractivity contribution is 0.341. The Labute approximate surface area is 42.4 Å². The molecule has 1 aliphatic heterocycles. The Morgan fingerprint density at radius 2 is 2.57 bits per heavy atom. The van der Waals surface area contributed by atoms with Gasteiger partial charge in [-0.15, -0.1) is 0 Å². The molecule has 0 radical (unpaired) electrons. The second-order valence-corrected chi connectivity index (χ2v) is 1.48. The first-order chi connectivity index (χ1) is 3.43. The lowest BCUT2D eigenvalue weighted by Crippen LogP contribution is -1.76. The maximum absolute atomic E-state index is 8.20. The number of rotatable bonds is 2. The van der Waals surface area contributed by atoms with Crippen LogP contribution >= 0.6 is 0 Å². The van der Waals surface area contributed by atoms with Crippen LogP contribution in [-0.2, 0) is 4.74 Å². The molecular weight excluding hydrogens is 92.1 g/mol. The van der Waals surface area contributed by atoms with Gasteiger partial charge < -0.3 is 9.84 Å². The van der Waals surface area contributed by atoms with E-state index in [0.717, 1.165) is 6.61 Å². The van der Waals surface area contributed by atoms with Gasteiger partial charge >= 0.3 is 0 Å². The van der Waals surface area contributed by atoms with E-state index < -0.39 is 0 Å². The Kier molecular flexibility index (Phi) is 1.44. The minimum Gasteiger partial charge on any atom is -0.392 e. The van der Waals surface area contributed by atoms with Gasteiger partial charge in [-0.05, 0) is 0 Å². The second kappa shape index (κ2) is 2.09. The summed E-state index contributed by atoms with van der Waals surface area (Å²) in [6.45, 7) is 0.955. The number of aliphatic hydroxyl groups is 1. The third-order valence-corrected chi connectivity index (χ3v) is 0.815. The second-order valence-electron chi connectivity index (χ2n) is 1.48. The molecular formula is C5H8O2. The molecule has 0 amide bonds. The lowest BCUT2D eigenvalue weighted by atomic mass is 10.4. The normalized spacial score (nSPS) is 29.0. The van der Waals surface area contributed by atoms with E-state index in [1.54, 1.807) is 6.08 Å². The van der Waals surface area contributed by atoms with Gasteiger partial charge in [-0.25, -0.2) is 0 Å². The van der Waals surface area contributed by atoms with E-state index in [2.05, 4.69) is 0 Å². The Morgan fingerprint density at radius 3 is 3.00 bits per heavy atom. The molecule has 0 saturated carbocycles. The van der Waals surface area contributed by atoms with Crippen LogP contribution in [0.1, 0.15) is 0 Å². The van der Waals surface area contributed by atoms with Crippen molar-refractivity contribution in [1.29, 1.82) is 0 Å². The summed E-state index contributed by atoms with van der Waals surface area (Å²) in [6, 6.07) is 0. The molecule has 0 aromatic heterocycles. The van der Waals surface area contributed by atoms with E-state index in [1.807, 2.05) is 6.08 Å². The average Bonchev–Trinajstić information content (AvgIpc) is 2.42. The van der Waals surface area contributed by atoms with Crippen LogP contribution in [0.15, 0.2) is 12.2 Å². The first kappa shape index (κ1) is 4.81. The minimum atomic E-state index is 0.125. The van der Waals surface area contributed by atoms with Crippen molar-refractivity contribution < 1.29 is 9.84 Å². The monoisotopic (exact) mass is 100 g/mol. The van der Waals surface area contributed by atoms with Gasteiger partial charge in [-0.1, -0.05) is 12.2 Å². The van der Waals surface area contributed by atoms with E-state index >= 15 is 0 Å². The van der Waals surface area contributed by atoms with E-state index in [4.69, 9.17) is 9.84 Å². The van der Waals surface area contributed by atoms with Gasteiger partial charge in [0.1, 0.15) is 0 Å². The van der Waals surface area contributed by atoms with E-state index in [1.165, 1.54) is 0 Å². The van der Waals surface area contributed by atoms with Crippen LogP contribution < -0.4 is 0 Å². The molecule has 2 nitrogen and oxygen atoms in total. The molecule has 1 atom stereocenters. The summed E-state index contributed by atoms with van der Waals surface area (Å²) >= 11 is 0. The molecule has 0 aliphatic carbocycles.